The van der Waals surface area contributed by atoms with Gasteiger partial charge in [-0.1, -0.05) is 11.6 Å². The zero-order valence-electron chi connectivity index (χ0n) is 22.4. The lowest BCUT2D eigenvalue weighted by Gasteiger charge is -2.37. The first-order valence-electron chi connectivity index (χ1n) is 13.3. The maximum atomic E-state index is 12.6. The Bertz CT molecular complexity index is 1340. The Labute approximate surface area is 233 Å². The van der Waals surface area contributed by atoms with Crippen LogP contribution in [0.15, 0.2) is 48.5 Å². The highest BCUT2D eigenvalue weighted by Crippen LogP contribution is 2.42. The van der Waals surface area contributed by atoms with Gasteiger partial charge in [-0.3, -0.25) is 4.79 Å². The fourth-order valence-electron chi connectivity index (χ4n) is 5.34. The number of hydrogen-bond donors (Lipinski definition) is 2. The molecule has 0 aliphatic carbocycles. The minimum absolute atomic E-state index is 0.161. The van der Waals surface area contributed by atoms with Crippen LogP contribution in [-0.2, 0) is 4.74 Å². The fourth-order valence-corrected chi connectivity index (χ4v) is 5.46. The highest BCUT2D eigenvalue weighted by molar-refractivity contribution is 6.30. The summed E-state index contributed by atoms with van der Waals surface area (Å²) < 4.78 is 13.1. The van der Waals surface area contributed by atoms with Crippen LogP contribution in [0.2, 0.25) is 5.02 Å². The normalized spacial score (nSPS) is 17.7. The summed E-state index contributed by atoms with van der Waals surface area (Å²) in [5.41, 5.74) is 7.95. The molecule has 2 aliphatic heterocycles. The van der Waals surface area contributed by atoms with E-state index in [4.69, 9.17) is 31.9 Å². The molecule has 0 saturated carbocycles. The second-order valence-electron chi connectivity index (χ2n) is 11.1. The van der Waals surface area contributed by atoms with Crippen LogP contribution >= 0.6 is 11.6 Å². The van der Waals surface area contributed by atoms with Crippen LogP contribution in [-0.4, -0.2) is 51.9 Å². The van der Waals surface area contributed by atoms with Gasteiger partial charge in [0, 0.05) is 30.6 Å². The molecule has 2 aromatic carbocycles. The van der Waals surface area contributed by atoms with Gasteiger partial charge in [-0.15, -0.1) is 0 Å². The van der Waals surface area contributed by atoms with Crippen molar-refractivity contribution in [1.29, 1.82) is 0 Å². The molecule has 10 heteroatoms. The quantitative estimate of drug-likeness (QED) is 0.404. The molecule has 0 bridgehead atoms. The van der Waals surface area contributed by atoms with Crippen molar-refractivity contribution in [3.8, 4) is 17.2 Å². The third-order valence-electron chi connectivity index (χ3n) is 7.15. The van der Waals surface area contributed by atoms with Crippen molar-refractivity contribution in [2.24, 2.45) is 11.7 Å². The third kappa shape index (κ3) is 5.98. The van der Waals surface area contributed by atoms with Gasteiger partial charge in [-0.2, -0.15) is 5.10 Å². The van der Waals surface area contributed by atoms with Gasteiger partial charge >= 0.3 is 6.09 Å². The number of anilines is 1. The zero-order chi connectivity index (χ0) is 27.7. The number of carbonyl (C=O) groups is 2. The lowest BCUT2D eigenvalue weighted by atomic mass is 9.78. The molecular formula is C29H34ClN5O4. The molecule has 2 aliphatic rings. The van der Waals surface area contributed by atoms with Gasteiger partial charge in [0.05, 0.1) is 17.1 Å². The number of rotatable bonds is 5. The molecule has 1 aromatic heterocycles. The number of carbonyl (C=O) groups excluding carboxylic acids is 2. The van der Waals surface area contributed by atoms with Crippen molar-refractivity contribution in [1.82, 2.24) is 14.7 Å². The van der Waals surface area contributed by atoms with Crippen molar-refractivity contribution in [2.45, 2.75) is 51.6 Å². The van der Waals surface area contributed by atoms with E-state index in [0.29, 0.717) is 52.6 Å². The molecule has 1 saturated heterocycles. The summed E-state index contributed by atoms with van der Waals surface area (Å²) in [4.78, 5) is 26.9. The molecule has 5 rings (SSSR count). The molecule has 3 heterocycles. The van der Waals surface area contributed by atoms with Gasteiger partial charge in [0.2, 0.25) is 0 Å². The Hall–Kier alpha value is -3.72. The van der Waals surface area contributed by atoms with Crippen molar-refractivity contribution in [2.75, 3.05) is 25.0 Å². The first-order valence-corrected chi connectivity index (χ1v) is 13.7. The van der Waals surface area contributed by atoms with Crippen LogP contribution < -0.4 is 15.8 Å². The largest absolute Gasteiger partial charge is 0.457 e. The summed E-state index contributed by atoms with van der Waals surface area (Å²) in [6.07, 6.45) is 2.32. The first-order chi connectivity index (χ1) is 18.6. The van der Waals surface area contributed by atoms with Crippen LogP contribution in [0.3, 0.4) is 0 Å². The van der Waals surface area contributed by atoms with E-state index in [9.17, 15) is 9.59 Å². The van der Waals surface area contributed by atoms with E-state index in [-0.39, 0.29) is 12.0 Å². The summed E-state index contributed by atoms with van der Waals surface area (Å²) in [5.74, 6) is 1.27. The zero-order valence-corrected chi connectivity index (χ0v) is 23.2. The molecule has 0 spiro atoms. The van der Waals surface area contributed by atoms with E-state index in [1.165, 1.54) is 0 Å². The number of nitrogens with zero attached hydrogens (tertiary/aromatic N) is 3. The van der Waals surface area contributed by atoms with Crippen molar-refractivity contribution < 1.29 is 19.1 Å². The molecule has 3 N–H and O–H groups in total. The van der Waals surface area contributed by atoms with Gasteiger partial charge in [0.15, 0.2) is 5.69 Å². The second kappa shape index (κ2) is 10.8. The summed E-state index contributed by atoms with van der Waals surface area (Å²) in [5, 5.41) is 8.93. The number of hydrogen-bond acceptors (Lipinski definition) is 6. The number of aromatic nitrogens is 2. The maximum absolute atomic E-state index is 12.6. The van der Waals surface area contributed by atoms with Crippen LogP contribution in [0.5, 0.6) is 11.5 Å². The molecule has 2 amide bonds. The van der Waals surface area contributed by atoms with Crippen LogP contribution in [0, 0.1) is 5.92 Å². The number of fused-ring (bicyclic) bond motifs is 1. The van der Waals surface area contributed by atoms with Crippen molar-refractivity contribution in [3.63, 3.8) is 0 Å². The van der Waals surface area contributed by atoms with Gasteiger partial charge in [0.25, 0.3) is 5.91 Å². The van der Waals surface area contributed by atoms with Gasteiger partial charge < -0.3 is 25.4 Å². The van der Waals surface area contributed by atoms with E-state index in [1.54, 1.807) is 33.8 Å². The van der Waals surface area contributed by atoms with Crippen LogP contribution in [0.25, 0.3) is 5.69 Å². The molecular weight excluding hydrogens is 518 g/mol. The van der Waals surface area contributed by atoms with Crippen LogP contribution in [0.4, 0.5) is 10.5 Å². The highest BCUT2D eigenvalue weighted by Gasteiger charge is 2.37. The van der Waals surface area contributed by atoms with E-state index in [1.807, 2.05) is 45.0 Å². The first kappa shape index (κ1) is 26.9. The van der Waals surface area contributed by atoms with Crippen LogP contribution in [0.1, 0.15) is 62.1 Å². The standard InChI is InChI=1S/C29H34ClN5O4/c1-29(2,3)39-28(37)34-16-13-18(14-17-34)23-12-15-32-25-24(23)33-35(26(25)27(31)36)20-6-10-22(11-7-20)38-21-8-4-19(30)5-9-21/h4-11,18,23,32H,12-17H2,1-3H3,(H2,31,36). The Balaban J connectivity index is 1.35. The fraction of sp³-hybridized carbons (Fsp3) is 0.414. The molecule has 3 aromatic rings. The number of likely N-dealkylation sites (tertiary alicyclic amines) is 1. The van der Waals surface area contributed by atoms with E-state index in [2.05, 4.69) is 5.32 Å². The Morgan fingerprint density at radius 1 is 1.00 bits per heavy atom. The predicted molar refractivity (Wildman–Crippen MR) is 150 cm³/mol. The predicted octanol–water partition coefficient (Wildman–Crippen LogP) is 5.96. The summed E-state index contributed by atoms with van der Waals surface area (Å²) in [6, 6.07) is 14.5. The van der Waals surface area contributed by atoms with Crippen molar-refractivity contribution >= 4 is 29.3 Å². The van der Waals surface area contributed by atoms with E-state index < -0.39 is 11.5 Å². The SMILES string of the molecule is CC(C)(C)OC(=O)N1CCC(C2CCNc3c2nn(-c2ccc(Oc4ccc(Cl)cc4)cc2)c3C(N)=O)CC1. The monoisotopic (exact) mass is 551 g/mol. The molecule has 1 unspecified atom stereocenters. The lowest BCUT2D eigenvalue weighted by Crippen LogP contribution is -2.43. The molecule has 0 radical (unpaired) electrons. The van der Waals surface area contributed by atoms with E-state index >= 15 is 0 Å². The molecule has 39 heavy (non-hydrogen) atoms. The van der Waals surface area contributed by atoms with Gasteiger partial charge in [-0.05, 0) is 94.5 Å². The Morgan fingerprint density at radius 2 is 1.62 bits per heavy atom. The number of primary amides is 1. The summed E-state index contributed by atoms with van der Waals surface area (Å²) in [6.45, 7) is 7.63. The van der Waals surface area contributed by atoms with Gasteiger partial charge in [0.1, 0.15) is 17.1 Å². The maximum Gasteiger partial charge on any atom is 0.410 e. The third-order valence-corrected chi connectivity index (χ3v) is 7.40. The molecule has 206 valence electrons. The number of halogens is 1. The smallest absolute Gasteiger partial charge is 0.410 e. The minimum Gasteiger partial charge on any atom is -0.457 e. The molecule has 1 atom stereocenters. The van der Waals surface area contributed by atoms with Gasteiger partial charge in [-0.25, -0.2) is 9.48 Å². The second-order valence-corrected chi connectivity index (χ2v) is 11.5. The summed E-state index contributed by atoms with van der Waals surface area (Å²) >= 11 is 5.96. The minimum atomic E-state index is -0.543. The van der Waals surface area contributed by atoms with E-state index in [0.717, 1.165) is 31.5 Å². The Morgan fingerprint density at radius 3 is 2.21 bits per heavy atom. The average Bonchev–Trinajstić information content (AvgIpc) is 3.30. The number of nitrogens with one attached hydrogen (secondary N) is 1. The lowest BCUT2D eigenvalue weighted by molar-refractivity contribution is 0.0172. The number of piperidine rings is 1. The van der Waals surface area contributed by atoms with Crippen molar-refractivity contribution in [3.05, 3.63) is 64.9 Å². The number of amides is 2. The Kier molecular flexibility index (Phi) is 7.44. The number of ether oxygens (including phenoxy) is 2. The molecule has 1 fully saturated rings. The average molecular weight is 552 g/mol. The number of benzene rings is 2. The molecule has 9 nitrogen and oxygen atoms in total. The topological polar surface area (TPSA) is 112 Å². The summed E-state index contributed by atoms with van der Waals surface area (Å²) in [7, 11) is 0. The highest BCUT2D eigenvalue weighted by atomic mass is 35.5. The number of nitrogens with two attached hydrogens (primary N) is 1.